The second kappa shape index (κ2) is 9.96. The van der Waals surface area contributed by atoms with Crippen molar-refractivity contribution in [2.75, 3.05) is 31.9 Å². The Labute approximate surface area is 184 Å². The highest BCUT2D eigenvalue weighted by atomic mass is 32.2. The summed E-state index contributed by atoms with van der Waals surface area (Å²) in [5.74, 6) is 1.63. The van der Waals surface area contributed by atoms with E-state index < -0.39 is 0 Å². The van der Waals surface area contributed by atoms with Crippen LogP contribution in [-0.4, -0.2) is 62.4 Å². The first-order valence-electron chi connectivity index (χ1n) is 11.2. The monoisotopic (exact) mass is 427 g/mol. The quantitative estimate of drug-likeness (QED) is 0.650. The van der Waals surface area contributed by atoms with Crippen LogP contribution in [0.3, 0.4) is 0 Å². The molecule has 162 valence electrons. The van der Waals surface area contributed by atoms with Crippen molar-refractivity contribution in [3.63, 3.8) is 0 Å². The van der Waals surface area contributed by atoms with E-state index in [4.69, 9.17) is 0 Å². The maximum absolute atomic E-state index is 12.8. The lowest BCUT2D eigenvalue weighted by Gasteiger charge is -2.38. The molecule has 4 rings (SSSR count). The van der Waals surface area contributed by atoms with Gasteiger partial charge in [-0.1, -0.05) is 61.4 Å². The second-order valence-corrected chi connectivity index (χ2v) is 9.43. The lowest BCUT2D eigenvalue weighted by Crippen LogP contribution is -2.49. The zero-order valence-corrected chi connectivity index (χ0v) is 19.0. The Kier molecular flexibility index (Phi) is 7.10. The Bertz CT molecular complexity index is 825. The van der Waals surface area contributed by atoms with Crippen LogP contribution in [0.5, 0.6) is 0 Å². The number of aromatic nitrogens is 3. The molecule has 0 radical (unpaired) electrons. The first-order valence-corrected chi connectivity index (χ1v) is 12.2. The van der Waals surface area contributed by atoms with E-state index in [1.54, 1.807) is 11.8 Å². The van der Waals surface area contributed by atoms with Crippen molar-refractivity contribution >= 4 is 17.7 Å². The maximum atomic E-state index is 12.8. The fourth-order valence-corrected chi connectivity index (χ4v) is 5.68. The summed E-state index contributed by atoms with van der Waals surface area (Å²) in [5.41, 5.74) is 1.34. The number of carbonyl (C=O) groups excluding carboxylic acids is 1. The van der Waals surface area contributed by atoms with E-state index in [-0.39, 0.29) is 5.91 Å². The molecular weight excluding hydrogens is 394 g/mol. The molecule has 2 heterocycles. The molecule has 0 bridgehead atoms. The predicted octanol–water partition coefficient (Wildman–Crippen LogP) is 4.09. The number of nitrogens with zero attached hydrogens (tertiary/aromatic N) is 5. The summed E-state index contributed by atoms with van der Waals surface area (Å²) in [7, 11) is 0. The summed E-state index contributed by atoms with van der Waals surface area (Å²) in [4.78, 5) is 17.3. The molecule has 1 atom stereocenters. The molecule has 7 heteroatoms. The Morgan fingerprint density at radius 3 is 2.47 bits per heavy atom. The molecule has 1 saturated heterocycles. The van der Waals surface area contributed by atoms with E-state index in [0.717, 1.165) is 37.2 Å². The van der Waals surface area contributed by atoms with Gasteiger partial charge in [-0.2, -0.15) is 0 Å². The van der Waals surface area contributed by atoms with Gasteiger partial charge in [0.05, 0.1) is 5.75 Å². The highest BCUT2D eigenvalue weighted by molar-refractivity contribution is 7.99. The van der Waals surface area contributed by atoms with Gasteiger partial charge in [0, 0.05) is 38.3 Å². The normalized spacial score (nSPS) is 19.7. The van der Waals surface area contributed by atoms with Gasteiger partial charge in [-0.3, -0.25) is 9.69 Å². The van der Waals surface area contributed by atoms with E-state index in [0.29, 0.717) is 17.8 Å². The molecule has 2 aliphatic rings. The number of thioether (sulfide) groups is 1. The van der Waals surface area contributed by atoms with Gasteiger partial charge in [0.1, 0.15) is 5.82 Å². The van der Waals surface area contributed by atoms with Crippen molar-refractivity contribution < 1.29 is 4.79 Å². The molecule has 0 spiro atoms. The summed E-state index contributed by atoms with van der Waals surface area (Å²) in [5, 5.41) is 9.58. The van der Waals surface area contributed by atoms with Crippen LogP contribution in [0.4, 0.5) is 0 Å². The van der Waals surface area contributed by atoms with Gasteiger partial charge in [0.25, 0.3) is 0 Å². The Morgan fingerprint density at radius 1 is 1.07 bits per heavy atom. The van der Waals surface area contributed by atoms with Crippen LogP contribution in [0.2, 0.25) is 0 Å². The third-order valence-electron chi connectivity index (χ3n) is 6.60. The van der Waals surface area contributed by atoms with Gasteiger partial charge in [0.15, 0.2) is 5.16 Å². The number of hydrogen-bond acceptors (Lipinski definition) is 5. The summed E-state index contributed by atoms with van der Waals surface area (Å²) in [6, 6.07) is 11.5. The molecule has 1 aromatic carbocycles. The van der Waals surface area contributed by atoms with Crippen LogP contribution in [0.1, 0.15) is 62.5 Å². The maximum Gasteiger partial charge on any atom is 0.233 e. The van der Waals surface area contributed by atoms with Gasteiger partial charge in [-0.05, 0) is 32.3 Å². The molecule has 1 amide bonds. The van der Waals surface area contributed by atoms with Crippen molar-refractivity contribution in [3.8, 4) is 0 Å². The first-order chi connectivity index (χ1) is 14.6. The molecule has 1 aliphatic carbocycles. The zero-order valence-electron chi connectivity index (χ0n) is 18.2. The summed E-state index contributed by atoms with van der Waals surface area (Å²) in [6.45, 7) is 7.72. The standard InChI is InChI=1S/C23H33N5OS/c1-18(20-9-5-3-6-10-20)26-13-15-27(16-14-26)22(29)17-30-23-25-24-19(2)28(23)21-11-7-4-8-12-21/h3,5-6,9-10,18,21H,4,7-8,11-17H2,1-2H3. The minimum atomic E-state index is 0.211. The van der Waals surface area contributed by atoms with Crippen molar-refractivity contribution in [3.05, 3.63) is 41.7 Å². The fraction of sp³-hybridized carbons (Fsp3) is 0.609. The number of amides is 1. The lowest BCUT2D eigenvalue weighted by molar-refractivity contribution is -0.130. The van der Waals surface area contributed by atoms with Gasteiger partial charge < -0.3 is 9.47 Å². The topological polar surface area (TPSA) is 54.3 Å². The van der Waals surface area contributed by atoms with Crippen LogP contribution in [0.25, 0.3) is 0 Å². The zero-order chi connectivity index (χ0) is 20.9. The molecule has 30 heavy (non-hydrogen) atoms. The third-order valence-corrected chi connectivity index (χ3v) is 7.52. The van der Waals surface area contributed by atoms with Crippen molar-refractivity contribution in [2.24, 2.45) is 0 Å². The van der Waals surface area contributed by atoms with Crippen LogP contribution in [-0.2, 0) is 4.79 Å². The van der Waals surface area contributed by atoms with E-state index in [1.807, 2.05) is 11.8 Å². The fourth-order valence-electron chi connectivity index (χ4n) is 4.73. The van der Waals surface area contributed by atoms with Crippen LogP contribution >= 0.6 is 11.8 Å². The second-order valence-electron chi connectivity index (χ2n) is 8.48. The number of carbonyl (C=O) groups is 1. The highest BCUT2D eigenvalue weighted by Crippen LogP contribution is 2.32. The number of piperazine rings is 1. The van der Waals surface area contributed by atoms with Crippen LogP contribution < -0.4 is 0 Å². The summed E-state index contributed by atoms with van der Waals surface area (Å²) >= 11 is 1.55. The molecule has 1 unspecified atom stereocenters. The molecule has 0 N–H and O–H groups in total. The van der Waals surface area contributed by atoms with Crippen molar-refractivity contribution in [2.45, 2.75) is 63.2 Å². The average molecular weight is 428 g/mol. The van der Waals surface area contributed by atoms with Crippen molar-refractivity contribution in [1.82, 2.24) is 24.6 Å². The molecule has 1 saturated carbocycles. The molecule has 1 aromatic heterocycles. The van der Waals surface area contributed by atoms with E-state index in [9.17, 15) is 4.79 Å². The van der Waals surface area contributed by atoms with Gasteiger partial charge >= 0.3 is 0 Å². The van der Waals surface area contributed by atoms with Crippen molar-refractivity contribution in [1.29, 1.82) is 0 Å². The largest absolute Gasteiger partial charge is 0.339 e. The SMILES string of the molecule is Cc1nnc(SCC(=O)N2CCN(C(C)c3ccccc3)CC2)n1C1CCCCC1. The number of hydrogen-bond donors (Lipinski definition) is 0. The first kappa shape index (κ1) is 21.4. The molecule has 2 aromatic rings. The van der Waals surface area contributed by atoms with Gasteiger partial charge in [-0.25, -0.2) is 0 Å². The summed E-state index contributed by atoms with van der Waals surface area (Å²) in [6.07, 6.45) is 6.27. The molecule has 2 fully saturated rings. The number of rotatable bonds is 6. The highest BCUT2D eigenvalue weighted by Gasteiger charge is 2.26. The Hall–Kier alpha value is -1.86. The van der Waals surface area contributed by atoms with E-state index in [2.05, 4.69) is 56.9 Å². The van der Waals surface area contributed by atoms with Crippen LogP contribution in [0.15, 0.2) is 35.5 Å². The predicted molar refractivity (Wildman–Crippen MR) is 121 cm³/mol. The molecule has 6 nitrogen and oxygen atoms in total. The van der Waals surface area contributed by atoms with Crippen LogP contribution in [0, 0.1) is 6.92 Å². The number of aryl methyl sites for hydroxylation is 1. The average Bonchev–Trinajstić information content (AvgIpc) is 3.18. The Balaban J connectivity index is 1.29. The van der Waals surface area contributed by atoms with Gasteiger partial charge in [0.2, 0.25) is 5.91 Å². The minimum Gasteiger partial charge on any atom is -0.339 e. The minimum absolute atomic E-state index is 0.211. The lowest BCUT2D eigenvalue weighted by atomic mass is 9.95. The Morgan fingerprint density at radius 2 is 1.77 bits per heavy atom. The van der Waals surface area contributed by atoms with E-state index >= 15 is 0 Å². The van der Waals surface area contributed by atoms with E-state index in [1.165, 1.54) is 37.7 Å². The summed E-state index contributed by atoms with van der Waals surface area (Å²) < 4.78 is 2.27. The molecular formula is C23H33N5OS. The number of benzene rings is 1. The third kappa shape index (κ3) is 4.89. The molecule has 1 aliphatic heterocycles. The van der Waals surface area contributed by atoms with Gasteiger partial charge in [-0.15, -0.1) is 10.2 Å². The smallest absolute Gasteiger partial charge is 0.233 e.